The highest BCUT2D eigenvalue weighted by Crippen LogP contribution is 2.17. The van der Waals surface area contributed by atoms with Gasteiger partial charge in [0.2, 0.25) is 0 Å². The van der Waals surface area contributed by atoms with Gasteiger partial charge in [0, 0.05) is 0 Å². The molecule has 2 rings (SSSR count). The highest BCUT2D eigenvalue weighted by atomic mass is 14.1. The van der Waals surface area contributed by atoms with E-state index in [1.54, 1.807) is 0 Å². The highest BCUT2D eigenvalue weighted by Gasteiger charge is 2.03. The average Bonchev–Trinajstić information content (AvgIpc) is 2.28. The van der Waals surface area contributed by atoms with E-state index in [0.29, 0.717) is 5.92 Å². The van der Waals surface area contributed by atoms with Gasteiger partial charge in [0.25, 0.3) is 0 Å². The van der Waals surface area contributed by atoms with Gasteiger partial charge in [-0.15, -0.1) is 0 Å². The molecule has 82 valence electrons. The summed E-state index contributed by atoms with van der Waals surface area (Å²) < 4.78 is 0. The molecule has 0 aliphatic heterocycles. The Kier molecular flexibility index (Phi) is 3.40. The van der Waals surface area contributed by atoms with Gasteiger partial charge in [0.15, 0.2) is 0 Å². The lowest BCUT2D eigenvalue weighted by Gasteiger charge is -2.10. The van der Waals surface area contributed by atoms with Crippen molar-refractivity contribution in [2.24, 2.45) is 5.92 Å². The summed E-state index contributed by atoms with van der Waals surface area (Å²) in [7, 11) is 0. The molecule has 0 spiro atoms. The third kappa shape index (κ3) is 2.73. The Hall–Kier alpha value is -1.56. The molecule has 0 fully saturated rings. The van der Waals surface area contributed by atoms with E-state index >= 15 is 0 Å². The zero-order valence-electron chi connectivity index (χ0n) is 9.82. The van der Waals surface area contributed by atoms with Crippen LogP contribution in [-0.2, 0) is 12.8 Å². The minimum atomic E-state index is 0.502. The van der Waals surface area contributed by atoms with Crippen molar-refractivity contribution in [3.8, 4) is 0 Å². The summed E-state index contributed by atoms with van der Waals surface area (Å²) in [5.74, 6) is 0.502. The molecule has 0 nitrogen and oxygen atoms in total. The number of fused-ring (bicyclic) bond motifs is 1. The number of hydrogen-bond donors (Lipinski definition) is 0. The lowest BCUT2D eigenvalue weighted by molar-refractivity contribution is 0.924. The van der Waals surface area contributed by atoms with Crippen molar-refractivity contribution in [2.45, 2.75) is 19.8 Å². The molecule has 1 aliphatic rings. The summed E-state index contributed by atoms with van der Waals surface area (Å²) in [5, 5.41) is 0. The van der Waals surface area contributed by atoms with Crippen LogP contribution >= 0.6 is 0 Å². The summed E-state index contributed by atoms with van der Waals surface area (Å²) in [6.45, 7) is 6.31. The topological polar surface area (TPSA) is 0 Å². The van der Waals surface area contributed by atoms with Crippen molar-refractivity contribution in [2.75, 3.05) is 0 Å². The first-order valence-corrected chi connectivity index (χ1v) is 5.85. The molecule has 1 aromatic rings. The second-order valence-electron chi connectivity index (χ2n) is 4.45. The Balaban J connectivity index is 2.34. The third-order valence-electron chi connectivity index (χ3n) is 2.95. The van der Waals surface area contributed by atoms with E-state index in [9.17, 15) is 0 Å². The zero-order chi connectivity index (χ0) is 11.4. The lowest BCUT2D eigenvalue weighted by Crippen LogP contribution is -1.96. The van der Waals surface area contributed by atoms with Crippen LogP contribution in [0.4, 0.5) is 0 Å². The predicted octanol–water partition coefficient (Wildman–Crippen LogP) is 4.09. The fraction of sp³-hybridized carbons (Fsp3) is 0.250. The molecule has 1 unspecified atom stereocenters. The van der Waals surface area contributed by atoms with E-state index in [-0.39, 0.29) is 0 Å². The molecule has 1 aliphatic carbocycles. The molecule has 1 aromatic carbocycles. The maximum absolute atomic E-state index is 4.11. The van der Waals surface area contributed by atoms with Gasteiger partial charge in [0.1, 0.15) is 0 Å². The van der Waals surface area contributed by atoms with Crippen LogP contribution in [0.2, 0.25) is 0 Å². The molecule has 0 saturated carbocycles. The standard InChI is InChI=1S/C16H18/c1-13-6-5-9-15-7-3-4-8-16(15)12-14(2)11-10-13/h3-8,10-11,13H,2,9,12H2,1H3/b6-5-,11-10-. The summed E-state index contributed by atoms with van der Waals surface area (Å²) in [6.07, 6.45) is 10.9. The molecule has 0 N–H and O–H groups in total. The van der Waals surface area contributed by atoms with Crippen LogP contribution in [0, 0.1) is 5.92 Å². The van der Waals surface area contributed by atoms with Crippen LogP contribution in [-0.4, -0.2) is 0 Å². The Bertz CT molecular complexity index is 435. The van der Waals surface area contributed by atoms with E-state index < -0.39 is 0 Å². The van der Waals surface area contributed by atoms with E-state index in [1.807, 2.05) is 0 Å². The summed E-state index contributed by atoms with van der Waals surface area (Å²) in [4.78, 5) is 0. The summed E-state index contributed by atoms with van der Waals surface area (Å²) in [5.41, 5.74) is 4.01. The molecule has 0 amide bonds. The van der Waals surface area contributed by atoms with Crippen LogP contribution in [0.5, 0.6) is 0 Å². The Labute approximate surface area is 98.0 Å². The van der Waals surface area contributed by atoms with Crippen molar-refractivity contribution in [3.05, 3.63) is 71.8 Å². The number of allylic oxidation sites excluding steroid dienone is 5. The zero-order valence-corrected chi connectivity index (χ0v) is 9.82. The minimum Gasteiger partial charge on any atom is -0.0955 e. The quantitative estimate of drug-likeness (QED) is 0.566. The smallest absolute Gasteiger partial charge is 0.00289 e. The third-order valence-corrected chi connectivity index (χ3v) is 2.95. The van der Waals surface area contributed by atoms with E-state index in [1.165, 1.54) is 16.7 Å². The fourth-order valence-corrected chi connectivity index (χ4v) is 1.99. The van der Waals surface area contributed by atoms with Crippen LogP contribution in [0.15, 0.2) is 60.7 Å². The van der Waals surface area contributed by atoms with Crippen molar-refractivity contribution >= 4 is 0 Å². The van der Waals surface area contributed by atoms with Gasteiger partial charge in [0.05, 0.1) is 0 Å². The van der Waals surface area contributed by atoms with Crippen molar-refractivity contribution in [3.63, 3.8) is 0 Å². The SMILES string of the molecule is C=C1/C=C\C(C)/C=C\Cc2ccccc2C1. The van der Waals surface area contributed by atoms with Gasteiger partial charge in [-0.1, -0.05) is 67.6 Å². The van der Waals surface area contributed by atoms with Crippen LogP contribution in [0.3, 0.4) is 0 Å². The highest BCUT2D eigenvalue weighted by molar-refractivity contribution is 5.35. The Morgan fingerprint density at radius 3 is 2.69 bits per heavy atom. The molecule has 0 aromatic heterocycles. The van der Waals surface area contributed by atoms with E-state index in [4.69, 9.17) is 0 Å². The first kappa shape index (κ1) is 10.9. The van der Waals surface area contributed by atoms with Gasteiger partial charge in [-0.3, -0.25) is 0 Å². The Morgan fingerprint density at radius 1 is 1.12 bits per heavy atom. The van der Waals surface area contributed by atoms with Gasteiger partial charge in [-0.05, 0) is 29.9 Å². The average molecular weight is 210 g/mol. The largest absolute Gasteiger partial charge is 0.0955 e. The van der Waals surface area contributed by atoms with E-state index in [2.05, 4.69) is 62.1 Å². The van der Waals surface area contributed by atoms with Crippen LogP contribution in [0.1, 0.15) is 18.1 Å². The number of rotatable bonds is 0. The molecule has 0 radical (unpaired) electrons. The van der Waals surface area contributed by atoms with Gasteiger partial charge in [-0.25, -0.2) is 0 Å². The monoisotopic (exact) mass is 210 g/mol. The lowest BCUT2D eigenvalue weighted by atomic mass is 9.95. The fourth-order valence-electron chi connectivity index (χ4n) is 1.99. The normalized spacial score (nSPS) is 24.6. The first-order valence-electron chi connectivity index (χ1n) is 5.85. The molecule has 1 atom stereocenters. The first-order chi connectivity index (χ1) is 7.75. The molecular weight excluding hydrogens is 192 g/mol. The van der Waals surface area contributed by atoms with Crippen molar-refractivity contribution in [1.29, 1.82) is 0 Å². The second-order valence-corrected chi connectivity index (χ2v) is 4.45. The maximum atomic E-state index is 4.11. The summed E-state index contributed by atoms with van der Waals surface area (Å²) >= 11 is 0. The molecule has 16 heavy (non-hydrogen) atoms. The minimum absolute atomic E-state index is 0.502. The molecule has 0 saturated heterocycles. The van der Waals surface area contributed by atoms with Gasteiger partial charge >= 0.3 is 0 Å². The van der Waals surface area contributed by atoms with E-state index in [0.717, 1.165) is 12.8 Å². The van der Waals surface area contributed by atoms with Crippen LogP contribution < -0.4 is 0 Å². The van der Waals surface area contributed by atoms with Crippen molar-refractivity contribution < 1.29 is 0 Å². The predicted molar refractivity (Wildman–Crippen MR) is 70.4 cm³/mol. The molecule has 0 heteroatoms. The van der Waals surface area contributed by atoms with Crippen molar-refractivity contribution in [1.82, 2.24) is 0 Å². The van der Waals surface area contributed by atoms with Gasteiger partial charge < -0.3 is 0 Å². The van der Waals surface area contributed by atoms with Gasteiger partial charge in [-0.2, -0.15) is 0 Å². The molecular formula is C16H18. The summed E-state index contributed by atoms with van der Waals surface area (Å²) in [6, 6.07) is 8.63. The maximum Gasteiger partial charge on any atom is -0.00289 e. The second kappa shape index (κ2) is 4.98. The van der Waals surface area contributed by atoms with Crippen LogP contribution in [0.25, 0.3) is 0 Å². The number of benzene rings is 1. The molecule has 0 bridgehead atoms. The Morgan fingerprint density at radius 2 is 1.88 bits per heavy atom. The molecule has 0 heterocycles. The number of hydrogen-bond acceptors (Lipinski definition) is 0.